The zero-order valence-electron chi connectivity index (χ0n) is 18.8. The molecule has 0 saturated carbocycles. The monoisotopic (exact) mass is 446 g/mol. The molecule has 0 aliphatic rings. The van der Waals surface area contributed by atoms with E-state index in [1.165, 1.54) is 11.2 Å². The number of aliphatic hydroxyl groups is 1. The van der Waals surface area contributed by atoms with E-state index in [1.54, 1.807) is 18.3 Å². The van der Waals surface area contributed by atoms with Crippen LogP contribution >= 0.6 is 0 Å². The van der Waals surface area contributed by atoms with Crippen LogP contribution in [-0.2, 0) is 6.42 Å². The van der Waals surface area contributed by atoms with Crippen molar-refractivity contribution in [2.75, 3.05) is 18.5 Å². The van der Waals surface area contributed by atoms with Gasteiger partial charge in [-0.3, -0.25) is 0 Å². The largest absolute Gasteiger partial charge is 0.465 e. The van der Waals surface area contributed by atoms with Gasteiger partial charge in [0, 0.05) is 29.5 Å². The highest BCUT2D eigenvalue weighted by Crippen LogP contribution is 2.20. The van der Waals surface area contributed by atoms with Crippen molar-refractivity contribution < 1.29 is 15.0 Å². The fourth-order valence-corrected chi connectivity index (χ4v) is 3.16. The second-order valence-corrected chi connectivity index (χ2v) is 8.20. The number of nitrogens with zero attached hydrogens (tertiary/aromatic N) is 5. The van der Waals surface area contributed by atoms with Crippen LogP contribution in [0.2, 0.25) is 0 Å². The Bertz CT molecular complexity index is 1180. The summed E-state index contributed by atoms with van der Waals surface area (Å²) >= 11 is 0. The van der Waals surface area contributed by atoms with Gasteiger partial charge in [0.1, 0.15) is 18.6 Å². The average molecular weight is 447 g/mol. The van der Waals surface area contributed by atoms with Gasteiger partial charge in [-0.2, -0.15) is 4.98 Å². The van der Waals surface area contributed by atoms with E-state index in [-0.39, 0.29) is 6.61 Å². The maximum Gasteiger partial charge on any atom is 0.407 e. The SMILES string of the molecule is CC(C)(C)N(CCc1cccc(Nc2ncnc(-c3ccnc(C#CCO)c3)n2)c1)C(=O)O. The Morgan fingerprint density at radius 2 is 1.97 bits per heavy atom. The molecule has 3 rings (SSSR count). The summed E-state index contributed by atoms with van der Waals surface area (Å²) in [7, 11) is 0. The van der Waals surface area contributed by atoms with Crippen molar-refractivity contribution in [3.63, 3.8) is 0 Å². The standard InChI is InChI=1S/C24H26N6O3/c1-24(2,3)30(23(32)33)12-10-17-6-4-7-20(14-17)28-22-27-16-26-21(29-22)18-9-11-25-19(15-18)8-5-13-31/h4,6-7,9,11,14-16,31H,10,12-13H2,1-3H3,(H,32,33)(H,26,27,28,29). The van der Waals surface area contributed by atoms with E-state index in [2.05, 4.69) is 37.1 Å². The summed E-state index contributed by atoms with van der Waals surface area (Å²) in [5.74, 6) is 6.16. The summed E-state index contributed by atoms with van der Waals surface area (Å²) in [4.78, 5) is 30.0. The topological polar surface area (TPSA) is 124 Å². The number of hydrogen-bond acceptors (Lipinski definition) is 7. The second-order valence-electron chi connectivity index (χ2n) is 8.20. The Morgan fingerprint density at radius 3 is 2.70 bits per heavy atom. The first-order valence-corrected chi connectivity index (χ1v) is 10.4. The van der Waals surface area contributed by atoms with Crippen LogP contribution in [-0.4, -0.2) is 59.8 Å². The molecule has 1 aromatic carbocycles. The quantitative estimate of drug-likeness (QED) is 0.493. The molecule has 0 spiro atoms. The number of hydrogen-bond donors (Lipinski definition) is 3. The first kappa shape index (κ1) is 23.6. The van der Waals surface area contributed by atoms with Gasteiger partial charge in [-0.1, -0.05) is 18.1 Å². The Balaban J connectivity index is 1.74. The molecule has 0 aliphatic carbocycles. The molecule has 0 bridgehead atoms. The molecule has 1 amide bonds. The molecule has 9 nitrogen and oxygen atoms in total. The molecule has 3 N–H and O–H groups in total. The molecule has 2 aromatic heterocycles. The number of aromatic nitrogens is 4. The van der Waals surface area contributed by atoms with Gasteiger partial charge < -0.3 is 20.4 Å². The number of pyridine rings is 1. The number of benzene rings is 1. The molecule has 170 valence electrons. The number of carboxylic acid groups (broad SMARTS) is 1. The van der Waals surface area contributed by atoms with Gasteiger partial charge in [-0.25, -0.2) is 19.7 Å². The van der Waals surface area contributed by atoms with Crippen LogP contribution in [0.3, 0.4) is 0 Å². The van der Waals surface area contributed by atoms with Gasteiger partial charge in [-0.05, 0) is 62.9 Å². The lowest BCUT2D eigenvalue weighted by Gasteiger charge is -2.33. The summed E-state index contributed by atoms with van der Waals surface area (Å²) in [5.41, 5.74) is 2.54. The predicted molar refractivity (Wildman–Crippen MR) is 125 cm³/mol. The van der Waals surface area contributed by atoms with Crippen molar-refractivity contribution >= 4 is 17.7 Å². The molecule has 33 heavy (non-hydrogen) atoms. The Kier molecular flexibility index (Phi) is 7.53. The number of carbonyl (C=O) groups is 1. The first-order chi connectivity index (χ1) is 15.8. The lowest BCUT2D eigenvalue weighted by atomic mass is 10.0. The molecular formula is C24H26N6O3. The van der Waals surface area contributed by atoms with Crippen molar-refractivity contribution in [1.82, 2.24) is 24.8 Å². The normalized spacial score (nSPS) is 10.8. The first-order valence-electron chi connectivity index (χ1n) is 10.4. The van der Waals surface area contributed by atoms with E-state index < -0.39 is 11.6 Å². The lowest BCUT2D eigenvalue weighted by molar-refractivity contribution is 0.101. The highest BCUT2D eigenvalue weighted by molar-refractivity contribution is 5.66. The predicted octanol–water partition coefficient (Wildman–Crippen LogP) is 3.34. The van der Waals surface area contributed by atoms with Crippen molar-refractivity contribution in [1.29, 1.82) is 0 Å². The van der Waals surface area contributed by atoms with Gasteiger partial charge in [0.2, 0.25) is 5.95 Å². The Hall–Kier alpha value is -4.03. The third-order valence-electron chi connectivity index (χ3n) is 4.73. The van der Waals surface area contributed by atoms with Crippen molar-refractivity contribution in [3.8, 4) is 23.2 Å². The maximum atomic E-state index is 11.6. The maximum absolute atomic E-state index is 11.6. The number of amides is 1. The highest BCUT2D eigenvalue weighted by Gasteiger charge is 2.25. The van der Waals surface area contributed by atoms with E-state index in [0.717, 1.165) is 16.8 Å². The molecule has 2 heterocycles. The minimum atomic E-state index is -0.934. The number of rotatable bonds is 6. The van der Waals surface area contributed by atoms with Crippen molar-refractivity contribution in [3.05, 3.63) is 60.2 Å². The third kappa shape index (κ3) is 6.72. The van der Waals surface area contributed by atoms with Crippen LogP contribution in [0.25, 0.3) is 11.4 Å². The summed E-state index contributed by atoms with van der Waals surface area (Å²) in [5, 5.41) is 21.5. The fourth-order valence-electron chi connectivity index (χ4n) is 3.16. The summed E-state index contributed by atoms with van der Waals surface area (Å²) in [6.07, 6.45) is 2.67. The molecule has 9 heteroatoms. The summed E-state index contributed by atoms with van der Waals surface area (Å²) in [6, 6.07) is 11.2. The molecule has 0 radical (unpaired) electrons. The fraction of sp³-hybridized carbons (Fsp3) is 0.292. The Morgan fingerprint density at radius 1 is 1.15 bits per heavy atom. The van der Waals surface area contributed by atoms with Crippen molar-refractivity contribution in [2.45, 2.75) is 32.7 Å². The minimum absolute atomic E-state index is 0.241. The van der Waals surface area contributed by atoms with Gasteiger partial charge >= 0.3 is 6.09 Å². The molecule has 0 fully saturated rings. The van der Waals surface area contributed by atoms with Crippen LogP contribution in [0.15, 0.2) is 48.9 Å². The number of nitrogens with one attached hydrogen (secondary N) is 1. The average Bonchev–Trinajstić information content (AvgIpc) is 2.77. The van der Waals surface area contributed by atoms with E-state index in [4.69, 9.17) is 5.11 Å². The molecule has 0 unspecified atom stereocenters. The lowest BCUT2D eigenvalue weighted by Crippen LogP contribution is -2.45. The zero-order chi connectivity index (χ0) is 23.8. The zero-order valence-corrected chi connectivity index (χ0v) is 18.8. The minimum Gasteiger partial charge on any atom is -0.465 e. The second kappa shape index (κ2) is 10.5. The van der Waals surface area contributed by atoms with E-state index >= 15 is 0 Å². The van der Waals surface area contributed by atoms with Crippen LogP contribution in [0.5, 0.6) is 0 Å². The van der Waals surface area contributed by atoms with Crippen molar-refractivity contribution in [2.24, 2.45) is 0 Å². The number of aliphatic hydroxyl groups excluding tert-OH is 1. The Labute approximate surface area is 192 Å². The van der Waals surface area contributed by atoms with Crippen LogP contribution in [0.1, 0.15) is 32.0 Å². The van der Waals surface area contributed by atoms with Crippen LogP contribution < -0.4 is 5.32 Å². The van der Waals surface area contributed by atoms with Gasteiger partial charge in [-0.15, -0.1) is 0 Å². The van der Waals surface area contributed by atoms with Gasteiger partial charge in [0.25, 0.3) is 0 Å². The summed E-state index contributed by atoms with van der Waals surface area (Å²) in [6.45, 7) is 5.78. The van der Waals surface area contributed by atoms with Crippen LogP contribution in [0, 0.1) is 11.8 Å². The third-order valence-corrected chi connectivity index (χ3v) is 4.73. The highest BCUT2D eigenvalue weighted by atomic mass is 16.4. The molecule has 0 aliphatic heterocycles. The van der Waals surface area contributed by atoms with E-state index in [9.17, 15) is 9.90 Å². The number of anilines is 2. The summed E-state index contributed by atoms with van der Waals surface area (Å²) < 4.78 is 0. The molecule has 0 saturated heterocycles. The van der Waals surface area contributed by atoms with Gasteiger partial charge in [0.15, 0.2) is 5.82 Å². The molecular weight excluding hydrogens is 420 g/mol. The smallest absolute Gasteiger partial charge is 0.407 e. The molecule has 3 aromatic rings. The van der Waals surface area contributed by atoms with Crippen LogP contribution in [0.4, 0.5) is 16.4 Å². The molecule has 0 atom stereocenters. The van der Waals surface area contributed by atoms with E-state index in [1.807, 2.05) is 45.0 Å². The van der Waals surface area contributed by atoms with Gasteiger partial charge in [0.05, 0.1) is 0 Å². The van der Waals surface area contributed by atoms with E-state index in [0.29, 0.717) is 30.4 Å².